The number of fused-ring (bicyclic) bond motifs is 2. The first kappa shape index (κ1) is 21.8. The Hall–Kier alpha value is -2.01. The van der Waals surface area contributed by atoms with Crippen LogP contribution in [-0.2, 0) is 23.8 Å². The van der Waals surface area contributed by atoms with Crippen molar-refractivity contribution < 1.29 is 27.2 Å². The minimum Gasteiger partial charge on any atom is -0.388 e. The molecule has 0 amide bonds. The van der Waals surface area contributed by atoms with Crippen molar-refractivity contribution in [1.29, 1.82) is 0 Å². The number of ether oxygens (including phenoxy) is 2. The molecule has 3 saturated heterocycles. The fourth-order valence-corrected chi connectivity index (χ4v) is 5.82. The van der Waals surface area contributed by atoms with Crippen LogP contribution in [0.3, 0.4) is 0 Å². The number of nitrogens with zero attached hydrogens (tertiary/aromatic N) is 2. The molecular formula is C23H28N2O6S. The fraction of sp³-hybridized carbons (Fsp3) is 0.478. The number of anilines is 1. The zero-order valence-corrected chi connectivity index (χ0v) is 18.7. The van der Waals surface area contributed by atoms with Gasteiger partial charge in [0.25, 0.3) is 10.1 Å². The summed E-state index contributed by atoms with van der Waals surface area (Å²) in [6.45, 7) is 5.23. The van der Waals surface area contributed by atoms with Crippen LogP contribution in [0.15, 0.2) is 59.5 Å². The number of benzene rings is 2. The van der Waals surface area contributed by atoms with E-state index in [0.29, 0.717) is 6.61 Å². The molecule has 3 fully saturated rings. The lowest BCUT2D eigenvalue weighted by Crippen LogP contribution is -2.64. The van der Waals surface area contributed by atoms with E-state index in [-0.39, 0.29) is 11.0 Å². The maximum Gasteiger partial charge on any atom is 0.297 e. The molecule has 172 valence electrons. The number of piperazine rings is 1. The molecule has 0 radical (unpaired) electrons. The van der Waals surface area contributed by atoms with Crippen LogP contribution in [0.1, 0.15) is 5.56 Å². The van der Waals surface area contributed by atoms with E-state index in [2.05, 4.69) is 21.9 Å². The highest BCUT2D eigenvalue weighted by Gasteiger charge is 2.54. The molecule has 2 bridgehead atoms. The Morgan fingerprint density at radius 3 is 2.38 bits per heavy atom. The summed E-state index contributed by atoms with van der Waals surface area (Å²) in [5.74, 6) is 0. The van der Waals surface area contributed by atoms with E-state index in [9.17, 15) is 13.5 Å². The van der Waals surface area contributed by atoms with Gasteiger partial charge in [-0.25, -0.2) is 0 Å². The maximum absolute atomic E-state index is 12.9. The van der Waals surface area contributed by atoms with E-state index < -0.39 is 34.7 Å². The molecule has 3 aliphatic heterocycles. The van der Waals surface area contributed by atoms with Gasteiger partial charge in [0.15, 0.2) is 12.4 Å². The minimum atomic E-state index is -4.08. The van der Waals surface area contributed by atoms with Crippen LogP contribution in [0, 0.1) is 6.92 Å². The zero-order chi connectivity index (χ0) is 22.3. The van der Waals surface area contributed by atoms with Gasteiger partial charge in [-0.05, 0) is 31.2 Å². The van der Waals surface area contributed by atoms with Gasteiger partial charge < -0.3 is 19.5 Å². The molecule has 5 rings (SSSR count). The number of aliphatic hydroxyl groups excluding tert-OH is 1. The third-order valence-electron chi connectivity index (χ3n) is 6.47. The van der Waals surface area contributed by atoms with E-state index in [0.717, 1.165) is 31.7 Å². The van der Waals surface area contributed by atoms with Crippen molar-refractivity contribution in [3.8, 4) is 0 Å². The van der Waals surface area contributed by atoms with Crippen LogP contribution in [0.25, 0.3) is 0 Å². The summed E-state index contributed by atoms with van der Waals surface area (Å²) in [5, 5.41) is 11.2. The summed E-state index contributed by atoms with van der Waals surface area (Å²) in [6.07, 6.45) is -3.40. The molecule has 0 spiro atoms. The first-order valence-electron chi connectivity index (χ1n) is 10.9. The Morgan fingerprint density at radius 1 is 1.00 bits per heavy atom. The number of aliphatic hydroxyl groups is 1. The van der Waals surface area contributed by atoms with Crippen LogP contribution in [-0.4, -0.2) is 81.9 Å². The Balaban J connectivity index is 1.30. The van der Waals surface area contributed by atoms with Crippen LogP contribution in [0.4, 0.5) is 5.69 Å². The second-order valence-corrected chi connectivity index (χ2v) is 10.1. The fourth-order valence-electron chi connectivity index (χ4n) is 4.74. The molecule has 1 N–H and O–H groups in total. The molecule has 0 saturated carbocycles. The average molecular weight is 461 g/mol. The topological polar surface area (TPSA) is 88.5 Å². The summed E-state index contributed by atoms with van der Waals surface area (Å²) >= 11 is 0. The molecule has 3 aliphatic rings. The average Bonchev–Trinajstić information content (AvgIpc) is 3.23. The van der Waals surface area contributed by atoms with Crippen molar-refractivity contribution >= 4 is 15.8 Å². The maximum atomic E-state index is 12.9. The highest BCUT2D eigenvalue weighted by Crippen LogP contribution is 2.35. The number of aryl methyl sites for hydroxylation is 1. The lowest BCUT2D eigenvalue weighted by atomic mass is 9.95. The smallest absolute Gasteiger partial charge is 0.297 e. The Kier molecular flexibility index (Phi) is 5.96. The molecule has 2 aromatic rings. The van der Waals surface area contributed by atoms with E-state index >= 15 is 0 Å². The van der Waals surface area contributed by atoms with Crippen LogP contribution in [0.5, 0.6) is 0 Å². The predicted molar refractivity (Wildman–Crippen MR) is 118 cm³/mol. The van der Waals surface area contributed by atoms with Gasteiger partial charge in [0, 0.05) is 31.9 Å². The van der Waals surface area contributed by atoms with Gasteiger partial charge in [-0.2, -0.15) is 8.42 Å². The number of hydrogen-bond acceptors (Lipinski definition) is 8. The SMILES string of the molecule is Cc1ccc(S(=O)(=O)O[C@H]2[C@@H]3OC[C@@H](O3)[C@@H](N3CCN(c4ccccc4)CC3)[C@@H]2O)cc1. The number of hydrogen-bond donors (Lipinski definition) is 1. The van der Waals surface area contributed by atoms with Crippen molar-refractivity contribution in [3.63, 3.8) is 0 Å². The highest BCUT2D eigenvalue weighted by atomic mass is 32.2. The molecule has 9 heteroatoms. The summed E-state index contributed by atoms with van der Waals surface area (Å²) in [6, 6.07) is 16.2. The van der Waals surface area contributed by atoms with E-state index in [1.54, 1.807) is 12.1 Å². The Labute approximate surface area is 188 Å². The lowest BCUT2D eigenvalue weighted by molar-refractivity contribution is -0.208. The molecule has 0 aliphatic carbocycles. The van der Waals surface area contributed by atoms with Gasteiger partial charge in [0.05, 0.1) is 17.5 Å². The van der Waals surface area contributed by atoms with Crippen molar-refractivity contribution in [2.24, 2.45) is 0 Å². The molecule has 0 aromatic heterocycles. The summed E-state index contributed by atoms with van der Waals surface area (Å²) in [4.78, 5) is 4.51. The summed E-state index contributed by atoms with van der Waals surface area (Å²) in [7, 11) is -4.08. The zero-order valence-electron chi connectivity index (χ0n) is 17.9. The molecule has 32 heavy (non-hydrogen) atoms. The van der Waals surface area contributed by atoms with Crippen molar-refractivity contribution in [2.45, 2.75) is 42.5 Å². The van der Waals surface area contributed by atoms with Crippen molar-refractivity contribution in [2.75, 3.05) is 37.7 Å². The second kappa shape index (κ2) is 8.74. The van der Waals surface area contributed by atoms with Gasteiger partial charge in [-0.15, -0.1) is 0 Å². The number of para-hydroxylation sites is 1. The molecular weight excluding hydrogens is 432 g/mol. The highest BCUT2D eigenvalue weighted by molar-refractivity contribution is 7.86. The first-order valence-corrected chi connectivity index (χ1v) is 12.3. The predicted octanol–water partition coefficient (Wildman–Crippen LogP) is 1.38. The van der Waals surface area contributed by atoms with Crippen LogP contribution < -0.4 is 4.90 Å². The third kappa shape index (κ3) is 4.16. The monoisotopic (exact) mass is 460 g/mol. The molecule has 8 nitrogen and oxygen atoms in total. The van der Waals surface area contributed by atoms with Gasteiger partial charge in [-0.3, -0.25) is 9.08 Å². The van der Waals surface area contributed by atoms with Crippen LogP contribution in [0.2, 0.25) is 0 Å². The molecule has 2 aromatic carbocycles. The van der Waals surface area contributed by atoms with E-state index in [1.807, 2.05) is 25.1 Å². The standard InChI is InChI=1S/C23H28N2O6S/c1-16-7-9-18(10-8-16)32(27,28)31-22-21(26)20(19-15-29-23(22)30-19)25-13-11-24(12-14-25)17-5-3-2-4-6-17/h2-10,19-23,26H,11-15H2,1H3/t19-,20-,21+,22-,23-/m1/s1. The van der Waals surface area contributed by atoms with Gasteiger partial charge >= 0.3 is 0 Å². The normalized spacial score (nSPS) is 31.1. The third-order valence-corrected chi connectivity index (χ3v) is 7.80. The second-order valence-electron chi connectivity index (χ2n) is 8.54. The van der Waals surface area contributed by atoms with Gasteiger partial charge in [0.2, 0.25) is 0 Å². The Bertz CT molecular complexity index is 1020. The van der Waals surface area contributed by atoms with Gasteiger partial charge in [-0.1, -0.05) is 35.9 Å². The molecule has 3 heterocycles. The lowest BCUT2D eigenvalue weighted by Gasteiger charge is -2.46. The minimum absolute atomic E-state index is 0.0449. The van der Waals surface area contributed by atoms with Gasteiger partial charge in [0.1, 0.15) is 12.2 Å². The quantitative estimate of drug-likeness (QED) is 0.670. The first-order chi connectivity index (χ1) is 15.4. The van der Waals surface area contributed by atoms with E-state index in [1.165, 1.54) is 17.8 Å². The summed E-state index contributed by atoms with van der Waals surface area (Å²) in [5.41, 5.74) is 2.11. The number of rotatable bonds is 5. The van der Waals surface area contributed by atoms with Crippen molar-refractivity contribution in [1.82, 2.24) is 4.90 Å². The Morgan fingerprint density at radius 2 is 1.69 bits per heavy atom. The van der Waals surface area contributed by atoms with E-state index in [4.69, 9.17) is 13.7 Å². The van der Waals surface area contributed by atoms with Crippen LogP contribution >= 0.6 is 0 Å². The molecule has 5 atom stereocenters. The largest absolute Gasteiger partial charge is 0.388 e. The van der Waals surface area contributed by atoms with Crippen molar-refractivity contribution in [3.05, 3.63) is 60.2 Å². The summed E-state index contributed by atoms with van der Waals surface area (Å²) < 4.78 is 42.8. The molecule has 0 unspecified atom stereocenters.